The zero-order chi connectivity index (χ0) is 18.9. The Morgan fingerprint density at radius 2 is 1.62 bits per heavy atom. The second-order valence-corrected chi connectivity index (χ2v) is 6.20. The summed E-state index contributed by atoms with van der Waals surface area (Å²) in [5.74, 6) is -0.599. The van der Waals surface area contributed by atoms with Crippen LogP contribution in [0.2, 0.25) is 0 Å². The van der Waals surface area contributed by atoms with E-state index in [1.54, 1.807) is 30.2 Å². The molecule has 138 valence electrons. The number of halogens is 3. The van der Waals surface area contributed by atoms with Crippen molar-refractivity contribution >= 4 is 11.8 Å². The molecular formula is C18H18F3N3O2. The Morgan fingerprint density at radius 1 is 1.00 bits per heavy atom. The molecule has 26 heavy (non-hydrogen) atoms. The Hall–Kier alpha value is -2.77. The number of H-pyrrole nitrogens is 1. The van der Waals surface area contributed by atoms with E-state index in [4.69, 9.17) is 0 Å². The summed E-state index contributed by atoms with van der Waals surface area (Å²) in [6.45, 7) is 2.84. The minimum Gasteiger partial charge on any atom is -0.357 e. The summed E-state index contributed by atoms with van der Waals surface area (Å²) >= 11 is 0. The van der Waals surface area contributed by atoms with E-state index < -0.39 is 17.6 Å². The number of benzene rings is 1. The number of hydrogen-bond acceptors (Lipinski definition) is 2. The molecule has 0 unspecified atom stereocenters. The Kier molecular flexibility index (Phi) is 4.76. The highest BCUT2D eigenvalue weighted by molar-refractivity contribution is 5.96. The zero-order valence-corrected chi connectivity index (χ0v) is 14.1. The molecule has 1 aliphatic heterocycles. The average molecular weight is 365 g/mol. The SMILES string of the molecule is Cc1ccc(C(F)(F)F)cc1C(=O)N1CCN(C(=O)c2ccc[nH]2)CC1. The van der Waals surface area contributed by atoms with Crippen LogP contribution in [0, 0.1) is 6.92 Å². The van der Waals surface area contributed by atoms with Crippen LogP contribution in [0.1, 0.15) is 32.0 Å². The van der Waals surface area contributed by atoms with Crippen molar-refractivity contribution in [2.75, 3.05) is 26.2 Å². The van der Waals surface area contributed by atoms with Gasteiger partial charge in [0.25, 0.3) is 11.8 Å². The van der Waals surface area contributed by atoms with Gasteiger partial charge in [0.15, 0.2) is 0 Å². The first-order valence-electron chi connectivity index (χ1n) is 8.17. The second kappa shape index (κ2) is 6.86. The monoisotopic (exact) mass is 365 g/mol. The van der Waals surface area contributed by atoms with Crippen LogP contribution < -0.4 is 0 Å². The predicted molar refractivity (Wildman–Crippen MR) is 88.8 cm³/mol. The zero-order valence-electron chi connectivity index (χ0n) is 14.1. The molecule has 0 spiro atoms. The fourth-order valence-corrected chi connectivity index (χ4v) is 2.95. The largest absolute Gasteiger partial charge is 0.416 e. The van der Waals surface area contributed by atoms with Crippen molar-refractivity contribution in [2.45, 2.75) is 13.1 Å². The molecule has 0 saturated carbocycles. The van der Waals surface area contributed by atoms with E-state index in [1.165, 1.54) is 11.0 Å². The maximum atomic E-state index is 12.9. The van der Waals surface area contributed by atoms with E-state index in [1.807, 2.05) is 0 Å². The molecular weight excluding hydrogens is 347 g/mol. The van der Waals surface area contributed by atoms with E-state index in [0.29, 0.717) is 24.3 Å². The minimum absolute atomic E-state index is 0.0453. The molecule has 0 aliphatic carbocycles. The first-order valence-corrected chi connectivity index (χ1v) is 8.17. The topological polar surface area (TPSA) is 56.4 Å². The lowest BCUT2D eigenvalue weighted by Gasteiger charge is -2.35. The van der Waals surface area contributed by atoms with Crippen LogP contribution in [0.3, 0.4) is 0 Å². The van der Waals surface area contributed by atoms with Crippen molar-refractivity contribution in [3.05, 3.63) is 58.9 Å². The smallest absolute Gasteiger partial charge is 0.357 e. The van der Waals surface area contributed by atoms with Gasteiger partial charge in [0.1, 0.15) is 5.69 Å². The number of piperazine rings is 1. The number of aromatic nitrogens is 1. The Morgan fingerprint density at radius 3 is 2.15 bits per heavy atom. The van der Waals surface area contributed by atoms with Gasteiger partial charge in [0.2, 0.25) is 0 Å². The quantitative estimate of drug-likeness (QED) is 0.890. The number of nitrogens with zero attached hydrogens (tertiary/aromatic N) is 2. The fraction of sp³-hybridized carbons (Fsp3) is 0.333. The molecule has 2 heterocycles. The maximum Gasteiger partial charge on any atom is 0.416 e. The van der Waals surface area contributed by atoms with Gasteiger partial charge < -0.3 is 14.8 Å². The van der Waals surface area contributed by atoms with Crippen LogP contribution in [0.15, 0.2) is 36.5 Å². The van der Waals surface area contributed by atoms with Crippen LogP contribution in [-0.2, 0) is 6.18 Å². The molecule has 0 atom stereocenters. The van der Waals surface area contributed by atoms with Crippen LogP contribution in [0.5, 0.6) is 0 Å². The van der Waals surface area contributed by atoms with Crippen molar-refractivity contribution < 1.29 is 22.8 Å². The Bertz CT molecular complexity index is 808. The molecule has 0 bridgehead atoms. The summed E-state index contributed by atoms with van der Waals surface area (Å²) in [5, 5.41) is 0. The highest BCUT2D eigenvalue weighted by Crippen LogP contribution is 2.31. The van der Waals surface area contributed by atoms with Gasteiger partial charge in [-0.3, -0.25) is 9.59 Å². The van der Waals surface area contributed by atoms with Gasteiger partial charge in [-0.25, -0.2) is 0 Å². The molecule has 1 fully saturated rings. The Labute approximate surface area is 148 Å². The van der Waals surface area contributed by atoms with Crippen molar-refractivity contribution in [1.29, 1.82) is 0 Å². The molecule has 1 aromatic carbocycles. The molecule has 2 aromatic rings. The van der Waals surface area contributed by atoms with Crippen molar-refractivity contribution in [3.63, 3.8) is 0 Å². The van der Waals surface area contributed by atoms with Crippen molar-refractivity contribution in [1.82, 2.24) is 14.8 Å². The van der Waals surface area contributed by atoms with E-state index in [-0.39, 0.29) is 24.6 Å². The van der Waals surface area contributed by atoms with Crippen LogP contribution in [0.4, 0.5) is 13.2 Å². The summed E-state index contributed by atoms with van der Waals surface area (Å²) in [5.41, 5.74) is 0.169. The third kappa shape index (κ3) is 3.58. The number of carbonyl (C=O) groups is 2. The lowest BCUT2D eigenvalue weighted by Crippen LogP contribution is -2.50. The highest BCUT2D eigenvalue weighted by Gasteiger charge is 2.32. The number of nitrogens with one attached hydrogen (secondary N) is 1. The van der Waals surface area contributed by atoms with Gasteiger partial charge in [-0.05, 0) is 36.8 Å². The molecule has 1 N–H and O–H groups in total. The lowest BCUT2D eigenvalue weighted by molar-refractivity contribution is -0.137. The van der Waals surface area contributed by atoms with Gasteiger partial charge >= 0.3 is 6.18 Å². The molecule has 1 aliphatic rings. The Balaban J connectivity index is 1.70. The predicted octanol–water partition coefficient (Wildman–Crippen LogP) is 2.94. The first-order chi connectivity index (χ1) is 12.3. The third-order valence-corrected chi connectivity index (χ3v) is 4.48. The average Bonchev–Trinajstić information content (AvgIpc) is 3.14. The second-order valence-electron chi connectivity index (χ2n) is 6.20. The lowest BCUT2D eigenvalue weighted by atomic mass is 10.0. The fourth-order valence-electron chi connectivity index (χ4n) is 2.95. The molecule has 1 saturated heterocycles. The van der Waals surface area contributed by atoms with Gasteiger partial charge in [0, 0.05) is 37.9 Å². The number of aryl methyl sites for hydroxylation is 1. The van der Waals surface area contributed by atoms with Gasteiger partial charge in [-0.15, -0.1) is 0 Å². The molecule has 2 amide bonds. The van der Waals surface area contributed by atoms with Gasteiger partial charge in [-0.1, -0.05) is 6.07 Å². The van der Waals surface area contributed by atoms with Gasteiger partial charge in [-0.2, -0.15) is 13.2 Å². The molecule has 5 nitrogen and oxygen atoms in total. The molecule has 3 rings (SSSR count). The van der Waals surface area contributed by atoms with E-state index in [2.05, 4.69) is 4.98 Å². The third-order valence-electron chi connectivity index (χ3n) is 4.48. The number of aromatic amines is 1. The molecule has 0 radical (unpaired) electrons. The molecule has 8 heteroatoms. The van der Waals surface area contributed by atoms with Gasteiger partial charge in [0.05, 0.1) is 5.56 Å². The minimum atomic E-state index is -4.50. The van der Waals surface area contributed by atoms with Crippen LogP contribution in [0.25, 0.3) is 0 Å². The van der Waals surface area contributed by atoms with Crippen molar-refractivity contribution in [2.24, 2.45) is 0 Å². The summed E-state index contributed by atoms with van der Waals surface area (Å²) in [6.07, 6.45) is -2.84. The van der Waals surface area contributed by atoms with E-state index in [9.17, 15) is 22.8 Å². The summed E-state index contributed by atoms with van der Waals surface area (Å²) < 4.78 is 38.7. The number of amides is 2. The summed E-state index contributed by atoms with van der Waals surface area (Å²) in [6, 6.07) is 6.57. The van der Waals surface area contributed by atoms with Crippen LogP contribution in [-0.4, -0.2) is 52.8 Å². The number of alkyl halides is 3. The number of carbonyl (C=O) groups excluding carboxylic acids is 2. The first kappa shape index (κ1) is 18.0. The van der Waals surface area contributed by atoms with E-state index in [0.717, 1.165) is 12.1 Å². The summed E-state index contributed by atoms with van der Waals surface area (Å²) in [7, 11) is 0. The number of hydrogen-bond donors (Lipinski definition) is 1. The number of rotatable bonds is 2. The maximum absolute atomic E-state index is 12.9. The van der Waals surface area contributed by atoms with Crippen molar-refractivity contribution in [3.8, 4) is 0 Å². The molecule has 1 aromatic heterocycles. The normalized spacial score (nSPS) is 15.2. The standard InChI is InChI=1S/C18H18F3N3O2/c1-12-4-5-13(18(19,20)21)11-14(12)16(25)23-7-9-24(10-8-23)17(26)15-3-2-6-22-15/h2-6,11,22H,7-10H2,1H3. The van der Waals surface area contributed by atoms with Crippen LogP contribution >= 0.6 is 0 Å². The summed E-state index contributed by atoms with van der Waals surface area (Å²) in [4.78, 5) is 30.9. The van der Waals surface area contributed by atoms with E-state index >= 15 is 0 Å². The highest BCUT2D eigenvalue weighted by atomic mass is 19.4.